The van der Waals surface area contributed by atoms with Crippen molar-refractivity contribution in [3.05, 3.63) is 58.0 Å². The molecule has 1 heterocycles. The SMILES string of the molecule is COc1cc(/C=C2\SC(=NCCCN(C)C)NC2=O)ccc1Oc1ccc(C#N)cc1C(F)(F)F. The number of carbonyl (C=O) groups is 1. The molecule has 1 fully saturated rings. The van der Waals surface area contributed by atoms with E-state index in [0.717, 1.165) is 25.1 Å². The Hall–Kier alpha value is -3.49. The summed E-state index contributed by atoms with van der Waals surface area (Å²) in [4.78, 5) is 19.2. The van der Waals surface area contributed by atoms with E-state index in [2.05, 4.69) is 15.2 Å². The van der Waals surface area contributed by atoms with Gasteiger partial charge in [0.25, 0.3) is 5.91 Å². The number of aliphatic imine (C=N–C) groups is 1. The number of nitriles is 1. The number of ether oxygens (including phenoxy) is 2. The molecular formula is C24H23F3N4O3S. The molecule has 11 heteroatoms. The summed E-state index contributed by atoms with van der Waals surface area (Å²) in [7, 11) is 5.31. The number of benzene rings is 2. The first-order chi connectivity index (χ1) is 16.6. The lowest BCUT2D eigenvalue weighted by atomic mass is 10.1. The second-order valence-corrected chi connectivity index (χ2v) is 8.77. The number of hydrogen-bond donors (Lipinski definition) is 1. The van der Waals surface area contributed by atoms with Gasteiger partial charge in [0, 0.05) is 6.54 Å². The van der Waals surface area contributed by atoms with Crippen LogP contribution in [0, 0.1) is 11.3 Å². The molecule has 1 saturated heterocycles. The highest BCUT2D eigenvalue weighted by atomic mass is 32.2. The molecule has 7 nitrogen and oxygen atoms in total. The van der Waals surface area contributed by atoms with Crippen LogP contribution in [0.3, 0.4) is 0 Å². The zero-order valence-electron chi connectivity index (χ0n) is 19.3. The van der Waals surface area contributed by atoms with Crippen molar-refractivity contribution in [1.82, 2.24) is 10.2 Å². The van der Waals surface area contributed by atoms with Crippen LogP contribution in [-0.2, 0) is 11.0 Å². The summed E-state index contributed by atoms with van der Waals surface area (Å²) in [6, 6.07) is 9.36. The minimum Gasteiger partial charge on any atom is -0.493 e. The van der Waals surface area contributed by atoms with Gasteiger partial charge in [-0.15, -0.1) is 0 Å². The zero-order valence-corrected chi connectivity index (χ0v) is 20.1. The highest BCUT2D eigenvalue weighted by molar-refractivity contribution is 8.18. The normalized spacial score (nSPS) is 16.0. The van der Waals surface area contributed by atoms with Crippen molar-refractivity contribution >= 4 is 28.9 Å². The second-order valence-electron chi connectivity index (χ2n) is 7.74. The van der Waals surface area contributed by atoms with Gasteiger partial charge in [-0.05, 0) is 80.8 Å². The third-order valence-electron chi connectivity index (χ3n) is 4.79. The third-order valence-corrected chi connectivity index (χ3v) is 5.74. The number of alkyl halides is 3. The fraction of sp³-hybridized carbons (Fsp3) is 0.292. The highest BCUT2D eigenvalue weighted by Gasteiger charge is 2.35. The van der Waals surface area contributed by atoms with Crippen molar-refractivity contribution in [2.75, 3.05) is 34.3 Å². The molecule has 184 valence electrons. The van der Waals surface area contributed by atoms with Gasteiger partial charge in [0.05, 0.1) is 29.2 Å². The van der Waals surface area contributed by atoms with Crippen molar-refractivity contribution < 1.29 is 27.4 Å². The van der Waals surface area contributed by atoms with Crippen molar-refractivity contribution in [1.29, 1.82) is 5.26 Å². The van der Waals surface area contributed by atoms with E-state index in [9.17, 15) is 18.0 Å². The molecule has 0 aliphatic carbocycles. The van der Waals surface area contributed by atoms with Crippen molar-refractivity contribution in [2.24, 2.45) is 4.99 Å². The van der Waals surface area contributed by atoms with Gasteiger partial charge in [-0.3, -0.25) is 9.79 Å². The van der Waals surface area contributed by atoms with Crippen LogP contribution in [0.5, 0.6) is 17.2 Å². The van der Waals surface area contributed by atoms with Crippen LogP contribution in [0.4, 0.5) is 13.2 Å². The fourth-order valence-corrected chi connectivity index (χ4v) is 3.95. The molecule has 2 aromatic rings. The number of halogens is 3. The van der Waals surface area contributed by atoms with Gasteiger partial charge < -0.3 is 19.7 Å². The first-order valence-corrected chi connectivity index (χ1v) is 11.3. The molecule has 0 aromatic heterocycles. The number of nitrogens with one attached hydrogen (secondary N) is 1. The molecule has 2 aromatic carbocycles. The first kappa shape index (κ1) is 26.1. The van der Waals surface area contributed by atoms with Gasteiger partial charge in [-0.25, -0.2) is 0 Å². The lowest BCUT2D eigenvalue weighted by Crippen LogP contribution is -2.20. The Morgan fingerprint density at radius 1 is 1.17 bits per heavy atom. The summed E-state index contributed by atoms with van der Waals surface area (Å²) in [6.45, 7) is 1.47. The van der Waals surface area contributed by atoms with E-state index in [1.807, 2.05) is 14.1 Å². The molecule has 1 aliphatic heterocycles. The van der Waals surface area contributed by atoms with Crippen LogP contribution in [-0.4, -0.2) is 50.3 Å². The zero-order chi connectivity index (χ0) is 25.6. The topological polar surface area (TPSA) is 86.9 Å². The summed E-state index contributed by atoms with van der Waals surface area (Å²) >= 11 is 1.21. The number of amidine groups is 1. The predicted octanol–water partition coefficient (Wildman–Crippen LogP) is 4.89. The smallest absolute Gasteiger partial charge is 0.420 e. The van der Waals surface area contributed by atoms with Crippen LogP contribution in [0.1, 0.15) is 23.1 Å². The van der Waals surface area contributed by atoms with E-state index < -0.39 is 17.5 Å². The molecule has 0 saturated carbocycles. The molecule has 0 atom stereocenters. The molecule has 1 N–H and O–H groups in total. The molecule has 0 radical (unpaired) electrons. The van der Waals surface area contributed by atoms with E-state index in [-0.39, 0.29) is 23.0 Å². The highest BCUT2D eigenvalue weighted by Crippen LogP contribution is 2.41. The standard InChI is InChI=1S/C24H23F3N4O3S/c1-31(2)10-4-9-29-23-30-22(32)21(35-23)13-15-5-8-19(20(12-15)33-3)34-18-7-6-16(14-28)11-17(18)24(25,26)27/h5-8,11-13H,4,9-10H2,1-3H3,(H,29,30,32)/b21-13-. The minimum atomic E-state index is -4.71. The third kappa shape index (κ3) is 7.00. The molecular weight excluding hydrogens is 481 g/mol. The largest absolute Gasteiger partial charge is 0.493 e. The average molecular weight is 505 g/mol. The van der Waals surface area contributed by atoms with Crippen LogP contribution in [0.25, 0.3) is 6.08 Å². The number of amides is 1. The maximum absolute atomic E-state index is 13.5. The van der Waals surface area contributed by atoms with Crippen LogP contribution < -0.4 is 14.8 Å². The number of carbonyl (C=O) groups excluding carboxylic acids is 1. The second kappa shape index (κ2) is 11.3. The molecule has 0 unspecified atom stereocenters. The minimum absolute atomic E-state index is 0.0523. The molecule has 1 aliphatic rings. The number of thioether (sulfide) groups is 1. The Kier molecular flexibility index (Phi) is 8.43. The van der Waals surface area contributed by atoms with Crippen molar-refractivity contribution in [3.8, 4) is 23.3 Å². The van der Waals surface area contributed by atoms with E-state index in [0.29, 0.717) is 22.2 Å². The Morgan fingerprint density at radius 2 is 1.91 bits per heavy atom. The van der Waals surface area contributed by atoms with Gasteiger partial charge >= 0.3 is 6.18 Å². The van der Waals surface area contributed by atoms with E-state index in [4.69, 9.17) is 14.7 Å². The van der Waals surface area contributed by atoms with Crippen LogP contribution >= 0.6 is 11.8 Å². The molecule has 0 spiro atoms. The van der Waals surface area contributed by atoms with Gasteiger partial charge in [0.2, 0.25) is 0 Å². The quantitative estimate of drug-likeness (QED) is 0.407. The van der Waals surface area contributed by atoms with E-state index in [1.165, 1.54) is 31.0 Å². The van der Waals surface area contributed by atoms with Crippen molar-refractivity contribution in [2.45, 2.75) is 12.6 Å². The van der Waals surface area contributed by atoms with Gasteiger partial charge in [0.15, 0.2) is 16.7 Å². The average Bonchev–Trinajstić information content (AvgIpc) is 3.15. The Labute approximate surface area is 205 Å². The number of methoxy groups -OCH3 is 1. The summed E-state index contributed by atoms with van der Waals surface area (Å²) in [5.41, 5.74) is -0.607. The first-order valence-electron chi connectivity index (χ1n) is 10.5. The van der Waals surface area contributed by atoms with Gasteiger partial charge in [-0.1, -0.05) is 6.07 Å². The van der Waals surface area contributed by atoms with Crippen molar-refractivity contribution in [3.63, 3.8) is 0 Å². The van der Waals surface area contributed by atoms with Gasteiger partial charge in [0.1, 0.15) is 5.75 Å². The lowest BCUT2D eigenvalue weighted by molar-refractivity contribution is -0.138. The molecule has 0 bridgehead atoms. The monoisotopic (exact) mass is 504 g/mol. The molecule has 35 heavy (non-hydrogen) atoms. The maximum atomic E-state index is 13.5. The Balaban J connectivity index is 1.80. The number of rotatable bonds is 8. The van der Waals surface area contributed by atoms with E-state index in [1.54, 1.807) is 24.3 Å². The summed E-state index contributed by atoms with van der Waals surface area (Å²) in [5, 5.41) is 12.2. The Morgan fingerprint density at radius 3 is 2.57 bits per heavy atom. The fourth-order valence-electron chi connectivity index (χ4n) is 3.11. The summed E-state index contributed by atoms with van der Waals surface area (Å²) in [6.07, 6.45) is -2.21. The maximum Gasteiger partial charge on any atom is 0.420 e. The molecule has 1 amide bonds. The lowest BCUT2D eigenvalue weighted by Gasteiger charge is -2.16. The van der Waals surface area contributed by atoms with Gasteiger partial charge in [-0.2, -0.15) is 18.4 Å². The summed E-state index contributed by atoms with van der Waals surface area (Å²) < 4.78 is 51.2. The predicted molar refractivity (Wildman–Crippen MR) is 128 cm³/mol. The number of hydrogen-bond acceptors (Lipinski definition) is 7. The van der Waals surface area contributed by atoms with Crippen LogP contribution in [0.2, 0.25) is 0 Å². The number of nitrogens with zero attached hydrogens (tertiary/aromatic N) is 3. The van der Waals surface area contributed by atoms with Crippen LogP contribution in [0.15, 0.2) is 46.3 Å². The van der Waals surface area contributed by atoms with E-state index >= 15 is 0 Å². The Bertz CT molecular complexity index is 1200. The summed E-state index contributed by atoms with van der Waals surface area (Å²) in [5.74, 6) is -0.510. The molecule has 3 rings (SSSR count).